The normalized spacial score (nSPS) is 13.2. The van der Waals surface area contributed by atoms with Crippen molar-refractivity contribution in [2.24, 2.45) is 0 Å². The number of nitrogens with one attached hydrogen (secondary N) is 2. The van der Waals surface area contributed by atoms with Crippen LogP contribution in [0.4, 0.5) is 4.79 Å². The number of aliphatic carboxylic acids is 1. The van der Waals surface area contributed by atoms with E-state index in [-0.39, 0.29) is 12.5 Å². The maximum atomic E-state index is 12.5. The summed E-state index contributed by atoms with van der Waals surface area (Å²) >= 11 is 0. The molecule has 0 fully saturated rings. The largest absolute Gasteiger partial charge is 0.481 e. The number of fused-ring (bicyclic) bond motifs is 3. The van der Waals surface area contributed by atoms with E-state index in [9.17, 15) is 19.5 Å². The molecule has 2 aromatic rings. The molecule has 8 nitrogen and oxygen atoms in total. The second-order valence-corrected chi connectivity index (χ2v) is 7.94. The zero-order valence-electron chi connectivity index (χ0n) is 19.0. The predicted octanol–water partition coefficient (Wildman–Crippen LogP) is 2.83. The standard InChI is InChI=1S/C25H31N3O5/c1-3-28(4-2)14-13-26-24(31)22(15-23(29)30)27-25(32)33-16-21-19-11-7-5-9-17(19)18-10-6-8-12-20(18)21/h5-12,21-22H,3-4,13-16H2,1-2H3,(H,26,31)(H,27,32)(H,29,30). The van der Waals surface area contributed by atoms with Crippen LogP contribution in [0.1, 0.15) is 37.3 Å². The van der Waals surface area contributed by atoms with Crippen LogP contribution in [0, 0.1) is 0 Å². The molecule has 0 aliphatic heterocycles. The summed E-state index contributed by atoms with van der Waals surface area (Å²) in [6.07, 6.45) is -1.34. The number of hydrogen-bond donors (Lipinski definition) is 3. The Bertz CT molecular complexity index is 944. The van der Waals surface area contributed by atoms with Gasteiger partial charge in [-0.1, -0.05) is 62.4 Å². The van der Waals surface area contributed by atoms with Gasteiger partial charge < -0.3 is 25.4 Å². The Kier molecular flexibility index (Phi) is 8.43. The van der Waals surface area contributed by atoms with Crippen molar-refractivity contribution in [3.05, 3.63) is 59.7 Å². The molecule has 0 spiro atoms. The Balaban J connectivity index is 1.59. The fourth-order valence-electron chi connectivity index (χ4n) is 4.17. The van der Waals surface area contributed by atoms with Crippen LogP contribution in [0.5, 0.6) is 0 Å². The highest BCUT2D eigenvalue weighted by molar-refractivity contribution is 5.89. The minimum Gasteiger partial charge on any atom is -0.481 e. The lowest BCUT2D eigenvalue weighted by atomic mass is 9.98. The summed E-state index contributed by atoms with van der Waals surface area (Å²) in [6.45, 7) is 6.84. The molecule has 0 bridgehead atoms. The van der Waals surface area contributed by atoms with Crippen LogP contribution in [-0.2, 0) is 14.3 Å². The van der Waals surface area contributed by atoms with Crippen LogP contribution in [0.3, 0.4) is 0 Å². The van der Waals surface area contributed by atoms with Gasteiger partial charge >= 0.3 is 12.1 Å². The van der Waals surface area contributed by atoms with E-state index in [2.05, 4.69) is 15.5 Å². The van der Waals surface area contributed by atoms with Crippen molar-refractivity contribution in [1.82, 2.24) is 15.5 Å². The first-order valence-corrected chi connectivity index (χ1v) is 11.3. The second kappa shape index (κ2) is 11.5. The van der Waals surface area contributed by atoms with Gasteiger partial charge in [0.25, 0.3) is 0 Å². The summed E-state index contributed by atoms with van der Waals surface area (Å²) in [7, 11) is 0. The van der Waals surface area contributed by atoms with Crippen molar-refractivity contribution in [3.63, 3.8) is 0 Å². The number of alkyl carbamates (subject to hydrolysis) is 1. The molecule has 2 amide bonds. The molecule has 0 heterocycles. The van der Waals surface area contributed by atoms with Gasteiger partial charge in [0.15, 0.2) is 0 Å². The number of carbonyl (C=O) groups excluding carboxylic acids is 2. The molecule has 0 saturated heterocycles. The van der Waals surface area contributed by atoms with Gasteiger partial charge in [0.1, 0.15) is 12.6 Å². The van der Waals surface area contributed by atoms with Gasteiger partial charge in [-0.2, -0.15) is 0 Å². The van der Waals surface area contributed by atoms with E-state index in [0.717, 1.165) is 35.3 Å². The van der Waals surface area contributed by atoms with Crippen LogP contribution in [-0.4, -0.2) is 66.8 Å². The highest BCUT2D eigenvalue weighted by Gasteiger charge is 2.30. The average molecular weight is 454 g/mol. The lowest BCUT2D eigenvalue weighted by molar-refractivity contribution is -0.139. The highest BCUT2D eigenvalue weighted by atomic mass is 16.5. The molecule has 3 N–H and O–H groups in total. The van der Waals surface area contributed by atoms with Crippen molar-refractivity contribution in [2.75, 3.05) is 32.8 Å². The number of ether oxygens (including phenoxy) is 1. The van der Waals surface area contributed by atoms with Gasteiger partial charge in [0, 0.05) is 19.0 Å². The minimum atomic E-state index is -1.21. The Morgan fingerprint density at radius 1 is 1.00 bits per heavy atom. The van der Waals surface area contributed by atoms with Gasteiger partial charge in [-0.3, -0.25) is 9.59 Å². The first-order chi connectivity index (χ1) is 15.9. The first-order valence-electron chi connectivity index (χ1n) is 11.3. The number of likely N-dealkylation sites (N-methyl/N-ethyl adjacent to an activating group) is 1. The van der Waals surface area contributed by atoms with Crippen molar-refractivity contribution < 1.29 is 24.2 Å². The fraction of sp³-hybridized carbons (Fsp3) is 0.400. The molecule has 2 aromatic carbocycles. The number of carbonyl (C=O) groups is 3. The number of rotatable bonds is 11. The van der Waals surface area contributed by atoms with E-state index in [1.54, 1.807) is 0 Å². The van der Waals surface area contributed by atoms with E-state index in [4.69, 9.17) is 4.74 Å². The minimum absolute atomic E-state index is 0.0865. The highest BCUT2D eigenvalue weighted by Crippen LogP contribution is 2.44. The van der Waals surface area contributed by atoms with Crippen LogP contribution in [0.25, 0.3) is 11.1 Å². The molecule has 0 aromatic heterocycles. The van der Waals surface area contributed by atoms with E-state index in [0.29, 0.717) is 13.1 Å². The van der Waals surface area contributed by atoms with E-state index in [1.165, 1.54) is 0 Å². The van der Waals surface area contributed by atoms with Crippen molar-refractivity contribution in [2.45, 2.75) is 32.2 Å². The summed E-state index contributed by atoms with van der Waals surface area (Å²) in [4.78, 5) is 38.3. The van der Waals surface area contributed by atoms with Crippen molar-refractivity contribution in [3.8, 4) is 11.1 Å². The summed E-state index contributed by atoms with van der Waals surface area (Å²) in [5.74, 6) is -1.85. The quantitative estimate of drug-likeness (QED) is 0.483. The number of carboxylic acids is 1. The van der Waals surface area contributed by atoms with Crippen molar-refractivity contribution >= 4 is 18.0 Å². The van der Waals surface area contributed by atoms with Crippen LogP contribution < -0.4 is 10.6 Å². The summed E-state index contributed by atoms with van der Waals surface area (Å²) < 4.78 is 5.45. The first kappa shape index (κ1) is 24.3. The van der Waals surface area contributed by atoms with Crippen LogP contribution in [0.2, 0.25) is 0 Å². The van der Waals surface area contributed by atoms with E-state index < -0.39 is 30.4 Å². The molecule has 0 radical (unpaired) electrons. The Morgan fingerprint density at radius 2 is 1.58 bits per heavy atom. The van der Waals surface area contributed by atoms with Gasteiger partial charge in [-0.05, 0) is 35.3 Å². The SMILES string of the molecule is CCN(CC)CCNC(=O)C(CC(=O)O)NC(=O)OCC1c2ccccc2-c2ccccc21. The van der Waals surface area contributed by atoms with E-state index in [1.807, 2.05) is 62.4 Å². The van der Waals surface area contributed by atoms with Crippen LogP contribution >= 0.6 is 0 Å². The topological polar surface area (TPSA) is 108 Å². The smallest absolute Gasteiger partial charge is 0.407 e. The summed E-state index contributed by atoms with van der Waals surface area (Å²) in [5.41, 5.74) is 4.36. The predicted molar refractivity (Wildman–Crippen MR) is 125 cm³/mol. The molecule has 1 aliphatic rings. The summed E-state index contributed by atoms with van der Waals surface area (Å²) in [5, 5.41) is 14.3. The molecule has 33 heavy (non-hydrogen) atoms. The van der Waals surface area contributed by atoms with Crippen molar-refractivity contribution in [1.29, 1.82) is 0 Å². The third kappa shape index (κ3) is 6.10. The lowest BCUT2D eigenvalue weighted by Gasteiger charge is -2.21. The zero-order valence-corrected chi connectivity index (χ0v) is 19.0. The van der Waals surface area contributed by atoms with Gasteiger partial charge in [0.2, 0.25) is 5.91 Å². The molecule has 1 unspecified atom stereocenters. The molecule has 1 atom stereocenters. The molecule has 8 heteroatoms. The third-order valence-electron chi connectivity index (χ3n) is 5.95. The monoisotopic (exact) mass is 453 g/mol. The van der Waals surface area contributed by atoms with Crippen LogP contribution in [0.15, 0.2) is 48.5 Å². The number of carboxylic acid groups (broad SMARTS) is 1. The Morgan fingerprint density at radius 3 is 2.12 bits per heavy atom. The average Bonchev–Trinajstić information content (AvgIpc) is 3.13. The van der Waals surface area contributed by atoms with Gasteiger partial charge in [-0.25, -0.2) is 4.79 Å². The fourth-order valence-corrected chi connectivity index (χ4v) is 4.17. The van der Waals surface area contributed by atoms with Gasteiger partial charge in [0.05, 0.1) is 6.42 Å². The molecule has 3 rings (SSSR count). The molecule has 176 valence electrons. The maximum Gasteiger partial charge on any atom is 0.407 e. The second-order valence-electron chi connectivity index (χ2n) is 7.94. The molecular formula is C25H31N3O5. The number of amides is 2. The number of nitrogens with zero attached hydrogens (tertiary/aromatic N) is 1. The molecular weight excluding hydrogens is 422 g/mol. The summed E-state index contributed by atoms with van der Waals surface area (Å²) in [6, 6.07) is 14.7. The zero-order chi connectivity index (χ0) is 23.8. The maximum absolute atomic E-state index is 12.5. The third-order valence-corrected chi connectivity index (χ3v) is 5.95. The molecule has 0 saturated carbocycles. The molecule has 1 aliphatic carbocycles. The Hall–Kier alpha value is -3.39. The lowest BCUT2D eigenvalue weighted by Crippen LogP contribution is -2.49. The Labute approximate surface area is 193 Å². The van der Waals surface area contributed by atoms with Gasteiger partial charge in [-0.15, -0.1) is 0 Å². The number of hydrogen-bond acceptors (Lipinski definition) is 5. The van der Waals surface area contributed by atoms with E-state index >= 15 is 0 Å². The number of benzene rings is 2.